The van der Waals surface area contributed by atoms with Gasteiger partial charge >= 0.3 is 0 Å². The van der Waals surface area contributed by atoms with E-state index >= 15 is 0 Å². The lowest BCUT2D eigenvalue weighted by Gasteiger charge is -2.33. The molecule has 0 radical (unpaired) electrons. The molecular weight excluding hydrogens is 220 g/mol. The zero-order valence-corrected chi connectivity index (χ0v) is 11.9. The maximum Gasteiger partial charge on any atom is 0.0321 e. The van der Waals surface area contributed by atoms with Gasteiger partial charge in [0, 0.05) is 32.2 Å². The highest BCUT2D eigenvalue weighted by Crippen LogP contribution is 2.25. The maximum absolute atomic E-state index is 3.42. The Morgan fingerprint density at radius 3 is 2.50 bits per heavy atom. The fraction of sp³-hybridized carbons (Fsp3) is 0.625. The molecule has 2 atom stereocenters. The van der Waals surface area contributed by atoms with Crippen LogP contribution in [0.15, 0.2) is 24.3 Å². The molecule has 1 aliphatic heterocycles. The average Bonchev–Trinajstić information content (AvgIpc) is 2.46. The minimum Gasteiger partial charge on any atom is -0.314 e. The third-order valence-corrected chi connectivity index (χ3v) is 4.27. The topological polar surface area (TPSA) is 15.3 Å². The van der Waals surface area contributed by atoms with Gasteiger partial charge in [-0.2, -0.15) is 0 Å². The number of rotatable bonds is 4. The Balaban J connectivity index is 2.11. The number of benzene rings is 1. The van der Waals surface area contributed by atoms with Crippen LogP contribution in [0.5, 0.6) is 0 Å². The van der Waals surface area contributed by atoms with Crippen molar-refractivity contribution < 1.29 is 0 Å². The normalized spacial score (nSPS) is 20.6. The van der Waals surface area contributed by atoms with Crippen LogP contribution < -0.4 is 5.32 Å². The van der Waals surface area contributed by atoms with Crippen LogP contribution in [0.2, 0.25) is 0 Å². The summed E-state index contributed by atoms with van der Waals surface area (Å²) in [6, 6.07) is 9.70. The lowest BCUT2D eigenvalue weighted by Crippen LogP contribution is -2.44. The Hall–Kier alpha value is -0.860. The highest BCUT2D eigenvalue weighted by Gasteiger charge is 2.18. The van der Waals surface area contributed by atoms with Crippen molar-refractivity contribution in [2.75, 3.05) is 26.2 Å². The maximum atomic E-state index is 3.42. The van der Waals surface area contributed by atoms with Crippen LogP contribution in [0.3, 0.4) is 0 Å². The minimum absolute atomic E-state index is 0.538. The molecule has 0 spiro atoms. The van der Waals surface area contributed by atoms with E-state index in [1.54, 1.807) is 0 Å². The average molecular weight is 246 g/mol. The monoisotopic (exact) mass is 246 g/mol. The van der Waals surface area contributed by atoms with Gasteiger partial charge in [0.25, 0.3) is 0 Å². The van der Waals surface area contributed by atoms with E-state index in [2.05, 4.69) is 55.3 Å². The Labute approximate surface area is 111 Å². The zero-order valence-electron chi connectivity index (χ0n) is 11.9. The summed E-state index contributed by atoms with van der Waals surface area (Å²) in [5.41, 5.74) is 2.95. The van der Waals surface area contributed by atoms with Gasteiger partial charge in [-0.05, 0) is 30.4 Å². The molecular formula is C16H26N2. The van der Waals surface area contributed by atoms with Crippen LogP contribution in [0, 0.1) is 0 Å². The molecule has 1 aliphatic rings. The van der Waals surface area contributed by atoms with E-state index < -0.39 is 0 Å². The second-order valence-corrected chi connectivity index (χ2v) is 5.44. The van der Waals surface area contributed by atoms with Gasteiger partial charge < -0.3 is 5.32 Å². The molecule has 1 heterocycles. The summed E-state index contributed by atoms with van der Waals surface area (Å²) in [5, 5.41) is 3.42. The molecule has 0 aromatic heterocycles. The highest BCUT2D eigenvalue weighted by atomic mass is 15.2. The van der Waals surface area contributed by atoms with E-state index in [0.29, 0.717) is 12.0 Å². The fourth-order valence-corrected chi connectivity index (χ4v) is 2.64. The van der Waals surface area contributed by atoms with Crippen molar-refractivity contribution in [1.29, 1.82) is 0 Å². The Morgan fingerprint density at radius 1 is 1.17 bits per heavy atom. The summed E-state index contributed by atoms with van der Waals surface area (Å²) in [6.45, 7) is 11.5. The summed E-state index contributed by atoms with van der Waals surface area (Å²) in [6.07, 6.45) is 1.21. The van der Waals surface area contributed by atoms with Crippen molar-refractivity contribution in [2.45, 2.75) is 39.2 Å². The molecule has 1 aromatic rings. The van der Waals surface area contributed by atoms with Gasteiger partial charge in [-0.25, -0.2) is 0 Å². The first kappa shape index (κ1) is 13.6. The number of hydrogen-bond donors (Lipinski definition) is 1. The van der Waals surface area contributed by atoms with E-state index in [9.17, 15) is 0 Å². The molecule has 2 nitrogen and oxygen atoms in total. The second kappa shape index (κ2) is 6.35. The van der Waals surface area contributed by atoms with Gasteiger partial charge in [0.1, 0.15) is 0 Å². The van der Waals surface area contributed by atoms with Gasteiger partial charge in [0.2, 0.25) is 0 Å². The predicted molar refractivity (Wildman–Crippen MR) is 78.0 cm³/mol. The molecule has 100 valence electrons. The molecule has 1 saturated heterocycles. The summed E-state index contributed by atoms with van der Waals surface area (Å²) in [5.74, 6) is 0.667. The third kappa shape index (κ3) is 3.12. The van der Waals surface area contributed by atoms with Gasteiger partial charge in [-0.3, -0.25) is 4.90 Å². The largest absolute Gasteiger partial charge is 0.314 e. The van der Waals surface area contributed by atoms with E-state index in [1.807, 2.05) is 0 Å². The summed E-state index contributed by atoms with van der Waals surface area (Å²) < 4.78 is 0. The lowest BCUT2D eigenvalue weighted by molar-refractivity contribution is 0.185. The van der Waals surface area contributed by atoms with E-state index in [0.717, 1.165) is 26.2 Å². The first-order chi connectivity index (χ1) is 8.72. The molecule has 0 aliphatic carbocycles. The molecule has 1 N–H and O–H groups in total. The van der Waals surface area contributed by atoms with Gasteiger partial charge in [0.15, 0.2) is 0 Å². The standard InChI is InChI=1S/C16H26N2/c1-4-13(2)15-6-5-7-16(12-15)14(3)18-10-8-17-9-11-18/h5-7,12-14,17H,4,8-11H2,1-3H3/t13?,14-/m0/s1. The van der Waals surface area contributed by atoms with Crippen LogP contribution in [-0.4, -0.2) is 31.1 Å². The molecule has 1 fully saturated rings. The molecule has 0 bridgehead atoms. The van der Waals surface area contributed by atoms with Gasteiger partial charge in [-0.15, -0.1) is 0 Å². The van der Waals surface area contributed by atoms with Crippen molar-refractivity contribution in [3.05, 3.63) is 35.4 Å². The first-order valence-electron chi connectivity index (χ1n) is 7.27. The Kier molecular flexibility index (Phi) is 4.79. The molecule has 18 heavy (non-hydrogen) atoms. The lowest BCUT2D eigenvalue weighted by atomic mass is 9.94. The van der Waals surface area contributed by atoms with Crippen LogP contribution in [0.1, 0.15) is 50.3 Å². The Bertz CT molecular complexity index is 369. The zero-order chi connectivity index (χ0) is 13.0. The highest BCUT2D eigenvalue weighted by molar-refractivity contribution is 5.28. The Morgan fingerprint density at radius 2 is 1.83 bits per heavy atom. The summed E-state index contributed by atoms with van der Waals surface area (Å²) in [7, 11) is 0. The van der Waals surface area contributed by atoms with Crippen molar-refractivity contribution in [3.63, 3.8) is 0 Å². The predicted octanol–water partition coefficient (Wildman–Crippen LogP) is 3.17. The molecule has 1 aromatic carbocycles. The quantitative estimate of drug-likeness (QED) is 0.878. The van der Waals surface area contributed by atoms with Gasteiger partial charge in [0.05, 0.1) is 0 Å². The van der Waals surface area contributed by atoms with E-state index in [-0.39, 0.29) is 0 Å². The number of piperazine rings is 1. The molecule has 2 rings (SSSR count). The summed E-state index contributed by atoms with van der Waals surface area (Å²) >= 11 is 0. The molecule has 2 heteroatoms. The first-order valence-corrected chi connectivity index (χ1v) is 7.27. The number of nitrogens with one attached hydrogen (secondary N) is 1. The van der Waals surface area contributed by atoms with Crippen LogP contribution in [-0.2, 0) is 0 Å². The van der Waals surface area contributed by atoms with Crippen LogP contribution in [0.4, 0.5) is 0 Å². The van der Waals surface area contributed by atoms with Gasteiger partial charge in [-0.1, -0.05) is 38.1 Å². The van der Waals surface area contributed by atoms with E-state index in [4.69, 9.17) is 0 Å². The SMILES string of the molecule is CCC(C)c1cccc([C@H](C)N2CCNCC2)c1. The van der Waals surface area contributed by atoms with Crippen LogP contribution >= 0.6 is 0 Å². The molecule has 1 unspecified atom stereocenters. The summed E-state index contributed by atoms with van der Waals surface area (Å²) in [4.78, 5) is 2.58. The second-order valence-electron chi connectivity index (χ2n) is 5.44. The van der Waals surface area contributed by atoms with Crippen molar-refractivity contribution in [3.8, 4) is 0 Å². The minimum atomic E-state index is 0.538. The molecule has 0 saturated carbocycles. The molecule has 0 amide bonds. The fourth-order valence-electron chi connectivity index (χ4n) is 2.64. The number of nitrogens with zero attached hydrogens (tertiary/aromatic N) is 1. The third-order valence-electron chi connectivity index (χ3n) is 4.27. The van der Waals surface area contributed by atoms with Crippen molar-refractivity contribution in [1.82, 2.24) is 10.2 Å². The smallest absolute Gasteiger partial charge is 0.0321 e. The van der Waals surface area contributed by atoms with Crippen LogP contribution in [0.25, 0.3) is 0 Å². The van der Waals surface area contributed by atoms with Crippen molar-refractivity contribution in [2.24, 2.45) is 0 Å². The van der Waals surface area contributed by atoms with Crippen molar-refractivity contribution >= 4 is 0 Å². The number of hydrogen-bond acceptors (Lipinski definition) is 2. The van der Waals surface area contributed by atoms with E-state index in [1.165, 1.54) is 17.5 Å².